The smallest absolute Gasteiger partial charge is 0.307 e. The molecule has 0 saturated carbocycles. The van der Waals surface area contributed by atoms with E-state index in [1.807, 2.05) is 42.5 Å². The molecule has 4 aromatic rings. The zero-order chi connectivity index (χ0) is 23.9. The molecule has 1 atom stereocenters. The van der Waals surface area contributed by atoms with Crippen LogP contribution in [0.5, 0.6) is 0 Å². The van der Waals surface area contributed by atoms with E-state index in [0.717, 1.165) is 10.8 Å². The molecule has 0 bridgehead atoms. The number of halogens is 1. The molecule has 6 heteroatoms. The van der Waals surface area contributed by atoms with Gasteiger partial charge in [-0.2, -0.15) is 0 Å². The van der Waals surface area contributed by atoms with Gasteiger partial charge in [0.05, 0.1) is 6.42 Å². The van der Waals surface area contributed by atoms with Gasteiger partial charge in [0.1, 0.15) is 0 Å². The molecule has 1 unspecified atom stereocenters. The largest absolute Gasteiger partial charge is 0.449 e. The van der Waals surface area contributed by atoms with Gasteiger partial charge in [-0.05, 0) is 23.6 Å². The maximum absolute atomic E-state index is 13.1. The number of carbonyl (C=O) groups excluding carboxylic acids is 3. The molecule has 0 fully saturated rings. The zero-order valence-corrected chi connectivity index (χ0v) is 19.0. The fraction of sp³-hybridized carbons (Fsp3) is 0.107. The van der Waals surface area contributed by atoms with Crippen molar-refractivity contribution in [2.45, 2.75) is 18.9 Å². The molecule has 0 aliphatic heterocycles. The Hall–Kier alpha value is -3.96. The Balaban J connectivity index is 1.42. The Morgan fingerprint density at radius 2 is 1.44 bits per heavy atom. The Morgan fingerprint density at radius 1 is 0.765 bits per heavy atom. The Morgan fingerprint density at radius 3 is 2.21 bits per heavy atom. The van der Waals surface area contributed by atoms with E-state index in [-0.39, 0.29) is 24.5 Å². The highest BCUT2D eigenvalue weighted by Crippen LogP contribution is 2.26. The van der Waals surface area contributed by atoms with Crippen molar-refractivity contribution in [2.24, 2.45) is 0 Å². The summed E-state index contributed by atoms with van der Waals surface area (Å²) < 4.78 is 5.55. The fourth-order valence-electron chi connectivity index (χ4n) is 3.62. The maximum atomic E-state index is 13.1. The first-order valence-corrected chi connectivity index (χ1v) is 11.2. The van der Waals surface area contributed by atoms with Crippen LogP contribution in [0.3, 0.4) is 0 Å². The van der Waals surface area contributed by atoms with Crippen molar-refractivity contribution in [3.8, 4) is 0 Å². The van der Waals surface area contributed by atoms with Crippen LogP contribution in [0.1, 0.15) is 34.9 Å². The van der Waals surface area contributed by atoms with Gasteiger partial charge in [0.2, 0.25) is 11.7 Å². The normalized spacial score (nSPS) is 11.6. The lowest BCUT2D eigenvalue weighted by molar-refractivity contribution is -0.148. The Bertz CT molecular complexity index is 1310. The summed E-state index contributed by atoms with van der Waals surface area (Å²) in [6.07, 6.45) is -1.37. The number of hydrogen-bond donors (Lipinski definition) is 1. The molecule has 0 heterocycles. The second-order valence-electron chi connectivity index (χ2n) is 7.73. The van der Waals surface area contributed by atoms with Crippen molar-refractivity contribution in [1.82, 2.24) is 0 Å². The quantitative estimate of drug-likeness (QED) is 0.239. The third kappa shape index (κ3) is 5.69. The number of amides is 1. The van der Waals surface area contributed by atoms with Crippen LogP contribution in [-0.4, -0.2) is 17.7 Å². The molecule has 170 valence electrons. The number of ketones is 1. The maximum Gasteiger partial charge on any atom is 0.307 e. The van der Waals surface area contributed by atoms with Crippen LogP contribution in [0.25, 0.3) is 10.8 Å². The van der Waals surface area contributed by atoms with Gasteiger partial charge in [-0.1, -0.05) is 90.5 Å². The van der Waals surface area contributed by atoms with E-state index < -0.39 is 12.1 Å². The second kappa shape index (κ2) is 10.8. The lowest BCUT2D eigenvalue weighted by Gasteiger charge is -2.18. The molecule has 0 aliphatic rings. The van der Waals surface area contributed by atoms with E-state index >= 15 is 0 Å². The van der Waals surface area contributed by atoms with Gasteiger partial charge in [-0.15, -0.1) is 0 Å². The van der Waals surface area contributed by atoms with Gasteiger partial charge in [-0.25, -0.2) is 0 Å². The molecule has 1 N–H and O–H groups in total. The molecule has 0 spiro atoms. The van der Waals surface area contributed by atoms with E-state index in [4.69, 9.17) is 16.3 Å². The van der Waals surface area contributed by atoms with Gasteiger partial charge >= 0.3 is 5.97 Å². The van der Waals surface area contributed by atoms with Gasteiger partial charge in [-0.3, -0.25) is 14.4 Å². The van der Waals surface area contributed by atoms with Crippen LogP contribution < -0.4 is 5.32 Å². The molecule has 34 heavy (non-hydrogen) atoms. The summed E-state index contributed by atoms with van der Waals surface area (Å²) in [6, 6.07) is 28.5. The first kappa shape index (κ1) is 23.2. The van der Waals surface area contributed by atoms with Crippen molar-refractivity contribution in [1.29, 1.82) is 0 Å². The highest BCUT2D eigenvalue weighted by atomic mass is 35.5. The molecule has 5 nitrogen and oxygen atoms in total. The van der Waals surface area contributed by atoms with Gasteiger partial charge in [0.25, 0.3) is 0 Å². The third-order valence-corrected chi connectivity index (χ3v) is 5.59. The number of benzene rings is 4. The fourth-order valence-corrected chi connectivity index (χ4v) is 3.74. The first-order chi connectivity index (χ1) is 16.5. The van der Waals surface area contributed by atoms with Crippen LogP contribution in [0.15, 0.2) is 97.1 Å². The molecule has 0 radical (unpaired) electrons. The number of esters is 1. The number of hydrogen-bond acceptors (Lipinski definition) is 4. The van der Waals surface area contributed by atoms with Crippen molar-refractivity contribution < 1.29 is 19.1 Å². The van der Waals surface area contributed by atoms with Gasteiger partial charge < -0.3 is 10.1 Å². The third-order valence-electron chi connectivity index (χ3n) is 5.34. The average Bonchev–Trinajstić information content (AvgIpc) is 2.87. The number of nitrogens with one attached hydrogen (secondary N) is 1. The lowest BCUT2D eigenvalue weighted by atomic mass is 10.00. The Kier molecular flexibility index (Phi) is 7.35. The van der Waals surface area contributed by atoms with E-state index in [0.29, 0.717) is 21.8 Å². The summed E-state index contributed by atoms with van der Waals surface area (Å²) in [4.78, 5) is 38.2. The van der Waals surface area contributed by atoms with Crippen LogP contribution >= 0.6 is 11.6 Å². The summed E-state index contributed by atoms with van der Waals surface area (Å²) in [5, 5.41) is 5.28. The summed E-state index contributed by atoms with van der Waals surface area (Å²) in [7, 11) is 0. The number of carbonyl (C=O) groups is 3. The van der Waals surface area contributed by atoms with Crippen LogP contribution in [0, 0.1) is 0 Å². The SMILES string of the molecule is O=C(CCC(=O)OC(C(=O)c1ccccc1)c1ccc(Cl)cc1)Nc1cccc2ccccc12. The van der Waals surface area contributed by atoms with E-state index in [1.165, 1.54) is 0 Å². The highest BCUT2D eigenvalue weighted by Gasteiger charge is 2.26. The van der Waals surface area contributed by atoms with Crippen LogP contribution in [0.4, 0.5) is 5.69 Å². The van der Waals surface area contributed by atoms with Crippen molar-refractivity contribution in [3.05, 3.63) is 113 Å². The molecular formula is C28H22ClNO4. The highest BCUT2D eigenvalue weighted by molar-refractivity contribution is 6.30. The number of Topliss-reactive ketones (excluding diaryl/α,β-unsaturated/α-hetero) is 1. The predicted octanol–water partition coefficient (Wildman–Crippen LogP) is 6.38. The Labute approximate surface area is 202 Å². The monoisotopic (exact) mass is 471 g/mol. The minimum atomic E-state index is -1.13. The van der Waals surface area contributed by atoms with E-state index in [1.54, 1.807) is 54.6 Å². The lowest BCUT2D eigenvalue weighted by Crippen LogP contribution is -2.21. The standard InChI is InChI=1S/C28H22ClNO4/c29-22-15-13-21(14-16-22)28(27(33)20-8-2-1-3-9-20)34-26(32)18-17-25(31)30-24-12-6-10-19-7-4-5-11-23(19)24/h1-16,28H,17-18H2,(H,30,31). The van der Waals surface area contributed by atoms with Crippen molar-refractivity contribution in [2.75, 3.05) is 5.32 Å². The molecule has 4 rings (SSSR count). The number of rotatable bonds is 8. The number of anilines is 1. The summed E-state index contributed by atoms with van der Waals surface area (Å²) in [6.45, 7) is 0. The molecule has 0 aliphatic carbocycles. The topological polar surface area (TPSA) is 72.5 Å². The van der Waals surface area contributed by atoms with Crippen LogP contribution in [-0.2, 0) is 14.3 Å². The minimum Gasteiger partial charge on any atom is -0.449 e. The van der Waals surface area contributed by atoms with E-state index in [9.17, 15) is 14.4 Å². The minimum absolute atomic E-state index is 0.0745. The number of fused-ring (bicyclic) bond motifs is 1. The first-order valence-electron chi connectivity index (χ1n) is 10.8. The average molecular weight is 472 g/mol. The van der Waals surface area contributed by atoms with E-state index in [2.05, 4.69) is 5.32 Å². The molecule has 1 amide bonds. The predicted molar refractivity (Wildman–Crippen MR) is 133 cm³/mol. The summed E-state index contributed by atoms with van der Waals surface area (Å²) in [5.74, 6) is -1.31. The molecule has 4 aromatic carbocycles. The van der Waals surface area contributed by atoms with Crippen LogP contribution in [0.2, 0.25) is 5.02 Å². The zero-order valence-electron chi connectivity index (χ0n) is 18.2. The second-order valence-corrected chi connectivity index (χ2v) is 8.16. The van der Waals surface area contributed by atoms with Crippen molar-refractivity contribution >= 4 is 45.7 Å². The summed E-state index contributed by atoms with van der Waals surface area (Å²) >= 11 is 5.97. The molecule has 0 aromatic heterocycles. The summed E-state index contributed by atoms with van der Waals surface area (Å²) in [5.41, 5.74) is 1.60. The molecular weight excluding hydrogens is 450 g/mol. The van der Waals surface area contributed by atoms with Gasteiger partial charge in [0, 0.05) is 33.6 Å². The molecule has 0 saturated heterocycles. The van der Waals surface area contributed by atoms with Crippen molar-refractivity contribution in [3.63, 3.8) is 0 Å². The van der Waals surface area contributed by atoms with Gasteiger partial charge in [0.15, 0.2) is 6.10 Å². The number of ether oxygens (including phenoxy) is 1.